The van der Waals surface area contributed by atoms with E-state index in [0.29, 0.717) is 83.8 Å². The van der Waals surface area contributed by atoms with Crippen molar-refractivity contribution in [2.75, 3.05) is 52.8 Å². The smallest absolute Gasteiger partial charge is 0.272 e. The van der Waals surface area contributed by atoms with Gasteiger partial charge in [0.25, 0.3) is 17.5 Å². The predicted octanol–water partition coefficient (Wildman–Crippen LogP) is 6.21. The number of carbonyl (C=O) groups excluding carboxylic acids is 2. The molecule has 0 spiro atoms. The van der Waals surface area contributed by atoms with E-state index in [4.69, 9.17) is 24.3 Å². The molecule has 2 amide bonds. The van der Waals surface area contributed by atoms with Crippen molar-refractivity contribution in [3.8, 4) is 39.8 Å². The third-order valence-corrected chi connectivity index (χ3v) is 9.31. The van der Waals surface area contributed by atoms with Gasteiger partial charge in [0, 0.05) is 67.7 Å². The second kappa shape index (κ2) is 15.3. The molecule has 0 saturated carbocycles. The molecule has 6 aromatic rings. The second-order valence-electron chi connectivity index (χ2n) is 12.5. The Hall–Kier alpha value is -6.96. The number of hydrogen-bond donors (Lipinski definition) is 1. The van der Waals surface area contributed by atoms with E-state index in [9.17, 15) is 19.7 Å². The lowest BCUT2D eigenvalue weighted by Crippen LogP contribution is -2.50. The maximum atomic E-state index is 14.0. The number of fused-ring (bicyclic) bond motifs is 1. The van der Waals surface area contributed by atoms with Gasteiger partial charge in [0.05, 0.1) is 43.2 Å². The van der Waals surface area contributed by atoms with Crippen molar-refractivity contribution < 1.29 is 28.7 Å². The lowest BCUT2D eigenvalue weighted by Gasteiger charge is -2.35. The molecule has 4 aromatic carbocycles. The molecular weight excluding hydrogens is 690 g/mol. The Kier molecular flexibility index (Phi) is 10.1. The Labute approximate surface area is 310 Å². The van der Waals surface area contributed by atoms with Gasteiger partial charge in [0.1, 0.15) is 5.69 Å². The van der Waals surface area contributed by atoms with Gasteiger partial charge in [0.15, 0.2) is 17.1 Å². The molecule has 1 N–H and O–H groups in total. The van der Waals surface area contributed by atoms with Gasteiger partial charge in [-0.3, -0.25) is 19.7 Å². The summed E-state index contributed by atoms with van der Waals surface area (Å²) >= 11 is 0. The second-order valence-corrected chi connectivity index (χ2v) is 12.5. The van der Waals surface area contributed by atoms with Gasteiger partial charge >= 0.3 is 0 Å². The third-order valence-electron chi connectivity index (χ3n) is 9.31. The highest BCUT2D eigenvalue weighted by atomic mass is 16.6. The molecule has 7 rings (SSSR count). The minimum Gasteiger partial charge on any atom is -0.493 e. The molecule has 1 saturated heterocycles. The first-order valence-corrected chi connectivity index (χ1v) is 17.2. The first-order valence-electron chi connectivity index (χ1n) is 17.2. The van der Waals surface area contributed by atoms with E-state index in [0.717, 1.165) is 11.1 Å². The number of benzene rings is 4. The molecule has 2 aromatic heterocycles. The number of nitrogens with one attached hydrogen (secondary N) is 1. The third kappa shape index (κ3) is 7.08. The van der Waals surface area contributed by atoms with Crippen molar-refractivity contribution in [2.45, 2.75) is 6.54 Å². The van der Waals surface area contributed by atoms with Crippen molar-refractivity contribution in [1.29, 1.82) is 0 Å². The fourth-order valence-electron chi connectivity index (χ4n) is 6.50. The summed E-state index contributed by atoms with van der Waals surface area (Å²) in [6, 6.07) is 30.2. The van der Waals surface area contributed by atoms with Crippen LogP contribution in [0.2, 0.25) is 0 Å². The Bertz CT molecular complexity index is 2310. The SMILES string of the molecule is COc1cc(CNc2ccccc2C(=O)N2CCN(C(=O)c3cc(-c4ccc([N+](=O)[O-])cc4)n4nc(-c5ccccc5)cc4n3)CC2)cc(OC)c1OC. The Balaban J connectivity index is 1.08. The minimum absolute atomic E-state index is 0.0461. The molecule has 54 heavy (non-hydrogen) atoms. The van der Waals surface area contributed by atoms with E-state index in [1.165, 1.54) is 12.1 Å². The Morgan fingerprint density at radius 3 is 2.02 bits per heavy atom. The zero-order chi connectivity index (χ0) is 37.8. The number of hydrogen-bond acceptors (Lipinski definition) is 10. The monoisotopic (exact) mass is 727 g/mol. The van der Waals surface area contributed by atoms with Crippen molar-refractivity contribution in [1.82, 2.24) is 24.4 Å². The average molecular weight is 728 g/mol. The lowest BCUT2D eigenvalue weighted by atomic mass is 10.1. The van der Waals surface area contributed by atoms with Crippen LogP contribution in [0.4, 0.5) is 11.4 Å². The van der Waals surface area contributed by atoms with Crippen molar-refractivity contribution in [3.05, 3.63) is 130 Å². The van der Waals surface area contributed by atoms with E-state index >= 15 is 0 Å². The molecule has 1 fully saturated rings. The zero-order valence-corrected chi connectivity index (χ0v) is 29.9. The Morgan fingerprint density at radius 2 is 1.39 bits per heavy atom. The highest BCUT2D eigenvalue weighted by Gasteiger charge is 2.28. The summed E-state index contributed by atoms with van der Waals surface area (Å²) < 4.78 is 18.1. The van der Waals surface area contributed by atoms with Crippen LogP contribution in [0.5, 0.6) is 17.2 Å². The number of non-ortho nitro benzene ring substituents is 1. The number of aromatic nitrogens is 3. The maximum absolute atomic E-state index is 14.0. The van der Waals surface area contributed by atoms with Crippen LogP contribution in [0.3, 0.4) is 0 Å². The molecule has 14 heteroatoms. The summed E-state index contributed by atoms with van der Waals surface area (Å²) in [4.78, 5) is 46.9. The average Bonchev–Trinajstić information content (AvgIpc) is 3.66. The summed E-state index contributed by atoms with van der Waals surface area (Å²) in [5, 5.41) is 19.5. The number of nitro groups is 1. The number of carbonyl (C=O) groups is 2. The highest BCUT2D eigenvalue weighted by Crippen LogP contribution is 2.38. The topological polar surface area (TPSA) is 154 Å². The predicted molar refractivity (Wildman–Crippen MR) is 202 cm³/mol. The fraction of sp³-hybridized carbons (Fsp3) is 0.200. The molecule has 0 bridgehead atoms. The van der Waals surface area contributed by atoms with Gasteiger partial charge in [-0.2, -0.15) is 5.10 Å². The van der Waals surface area contributed by atoms with E-state index in [-0.39, 0.29) is 23.2 Å². The largest absolute Gasteiger partial charge is 0.493 e. The Morgan fingerprint density at radius 1 is 0.759 bits per heavy atom. The molecule has 0 unspecified atom stereocenters. The first kappa shape index (κ1) is 35.4. The summed E-state index contributed by atoms with van der Waals surface area (Å²) in [6.45, 7) is 1.66. The minimum atomic E-state index is -0.459. The molecule has 3 heterocycles. The first-order chi connectivity index (χ1) is 26.3. The standard InChI is InChI=1S/C40H37N7O7/c1-52-35-21-26(22-36(53-2)38(35)54-3)25-41-31-12-8-7-11-30(31)39(48)44-17-19-45(20-18-44)40(49)33-23-34(28-13-15-29(16-14-28)47(50)51)46-37(42-33)24-32(43-46)27-9-5-4-6-10-27/h4-16,21-24,41H,17-20,25H2,1-3H3. The summed E-state index contributed by atoms with van der Waals surface area (Å²) in [7, 11) is 4.67. The number of rotatable bonds is 11. The number of nitro benzene ring substituents is 1. The summed E-state index contributed by atoms with van der Waals surface area (Å²) in [5.74, 6) is 1.12. The number of nitrogens with zero attached hydrogens (tertiary/aromatic N) is 6. The van der Waals surface area contributed by atoms with Gasteiger partial charge in [0.2, 0.25) is 5.75 Å². The fourth-order valence-corrected chi connectivity index (χ4v) is 6.50. The number of para-hydroxylation sites is 1. The normalized spacial score (nSPS) is 12.7. The van der Waals surface area contributed by atoms with Gasteiger partial charge in [-0.1, -0.05) is 42.5 Å². The molecule has 0 aliphatic carbocycles. The van der Waals surface area contributed by atoms with Crippen LogP contribution in [-0.4, -0.2) is 88.6 Å². The molecule has 274 valence electrons. The molecule has 1 aliphatic rings. The van der Waals surface area contributed by atoms with E-state index < -0.39 is 4.92 Å². The van der Waals surface area contributed by atoms with Crippen LogP contribution >= 0.6 is 0 Å². The zero-order valence-electron chi connectivity index (χ0n) is 29.9. The van der Waals surface area contributed by atoms with E-state index in [1.807, 2.05) is 66.7 Å². The van der Waals surface area contributed by atoms with Crippen LogP contribution < -0.4 is 19.5 Å². The lowest BCUT2D eigenvalue weighted by molar-refractivity contribution is -0.384. The number of amides is 2. The van der Waals surface area contributed by atoms with Gasteiger partial charge in [-0.05, 0) is 48.0 Å². The number of anilines is 1. The van der Waals surface area contributed by atoms with Crippen LogP contribution in [0.15, 0.2) is 103 Å². The van der Waals surface area contributed by atoms with E-state index in [2.05, 4.69) is 5.32 Å². The molecule has 0 radical (unpaired) electrons. The number of ether oxygens (including phenoxy) is 3. The summed E-state index contributed by atoms with van der Waals surface area (Å²) in [5.41, 5.74) is 5.41. The van der Waals surface area contributed by atoms with Gasteiger partial charge < -0.3 is 29.3 Å². The van der Waals surface area contributed by atoms with Gasteiger partial charge in [-0.15, -0.1) is 0 Å². The number of methoxy groups -OCH3 is 3. The molecule has 0 atom stereocenters. The molecular formula is C40H37N7O7. The summed E-state index contributed by atoms with van der Waals surface area (Å²) in [6.07, 6.45) is 0. The maximum Gasteiger partial charge on any atom is 0.272 e. The van der Waals surface area contributed by atoms with Crippen LogP contribution in [0.1, 0.15) is 26.4 Å². The van der Waals surface area contributed by atoms with E-state index in [1.54, 1.807) is 59.9 Å². The van der Waals surface area contributed by atoms with Gasteiger partial charge in [-0.25, -0.2) is 9.50 Å². The van der Waals surface area contributed by atoms with Crippen LogP contribution in [-0.2, 0) is 6.54 Å². The molecule has 1 aliphatic heterocycles. The van der Waals surface area contributed by atoms with Crippen molar-refractivity contribution in [3.63, 3.8) is 0 Å². The van der Waals surface area contributed by atoms with Crippen LogP contribution in [0.25, 0.3) is 28.2 Å². The van der Waals surface area contributed by atoms with Crippen molar-refractivity contribution in [2.24, 2.45) is 0 Å². The quantitative estimate of drug-likeness (QED) is 0.120. The number of piperazine rings is 1. The van der Waals surface area contributed by atoms with Crippen LogP contribution in [0, 0.1) is 10.1 Å². The highest BCUT2D eigenvalue weighted by molar-refractivity contribution is 6.00. The molecule has 14 nitrogen and oxygen atoms in total. The van der Waals surface area contributed by atoms with Crippen molar-refractivity contribution >= 4 is 28.8 Å².